The third-order valence-corrected chi connectivity index (χ3v) is 5.43. The number of anilines is 3. The Morgan fingerprint density at radius 3 is 2.67 bits per heavy atom. The van der Waals surface area contributed by atoms with E-state index in [1.165, 1.54) is 6.33 Å². The number of hydrogen-bond acceptors (Lipinski definition) is 9. The van der Waals surface area contributed by atoms with Crippen LogP contribution in [-0.2, 0) is 4.74 Å². The SMILES string of the molecule is c1n[nH]c(-c2ccc3cnc(Nc4ccc(-n5cnc(N6CCOCC6)n5)cc4)nc3c2)n1. The Hall–Kier alpha value is -4.38. The summed E-state index contributed by atoms with van der Waals surface area (Å²) >= 11 is 0. The second kappa shape index (κ2) is 8.28. The predicted octanol–water partition coefficient (Wildman–Crippen LogP) is 2.58. The van der Waals surface area contributed by atoms with Crippen molar-refractivity contribution >= 4 is 28.5 Å². The molecule has 6 rings (SSSR count). The van der Waals surface area contributed by atoms with E-state index in [1.807, 2.05) is 42.5 Å². The molecule has 164 valence electrons. The van der Waals surface area contributed by atoms with Crippen molar-refractivity contribution in [3.05, 3.63) is 61.3 Å². The molecule has 4 heterocycles. The number of hydrogen-bond donors (Lipinski definition) is 2. The molecule has 3 aromatic heterocycles. The van der Waals surface area contributed by atoms with Crippen molar-refractivity contribution in [1.29, 1.82) is 0 Å². The van der Waals surface area contributed by atoms with Gasteiger partial charge in [0.2, 0.25) is 11.9 Å². The van der Waals surface area contributed by atoms with E-state index < -0.39 is 0 Å². The van der Waals surface area contributed by atoms with Gasteiger partial charge in [-0.15, -0.1) is 5.10 Å². The quantitative estimate of drug-likeness (QED) is 0.424. The maximum absolute atomic E-state index is 5.39. The lowest BCUT2D eigenvalue weighted by molar-refractivity contribution is 0.122. The van der Waals surface area contributed by atoms with Gasteiger partial charge < -0.3 is 15.0 Å². The molecule has 1 aliphatic heterocycles. The number of morpholine rings is 1. The van der Waals surface area contributed by atoms with E-state index in [0.717, 1.165) is 46.9 Å². The molecule has 1 saturated heterocycles. The first-order valence-corrected chi connectivity index (χ1v) is 10.6. The summed E-state index contributed by atoms with van der Waals surface area (Å²) in [5.41, 5.74) is 3.52. The van der Waals surface area contributed by atoms with Gasteiger partial charge >= 0.3 is 0 Å². The highest BCUT2D eigenvalue weighted by molar-refractivity contribution is 5.83. The maximum atomic E-state index is 5.39. The molecule has 0 saturated carbocycles. The van der Waals surface area contributed by atoms with Crippen molar-refractivity contribution < 1.29 is 4.74 Å². The third kappa shape index (κ3) is 3.96. The molecule has 2 N–H and O–H groups in total. The normalized spacial score (nSPS) is 14.0. The Morgan fingerprint density at radius 2 is 1.85 bits per heavy atom. The average Bonchev–Trinajstić information content (AvgIpc) is 3.58. The fourth-order valence-electron chi connectivity index (χ4n) is 3.69. The molecule has 0 bridgehead atoms. The number of rotatable bonds is 5. The lowest BCUT2D eigenvalue weighted by atomic mass is 10.1. The molecule has 11 heteroatoms. The highest BCUT2D eigenvalue weighted by atomic mass is 16.5. The summed E-state index contributed by atoms with van der Waals surface area (Å²) in [6, 6.07) is 13.8. The van der Waals surface area contributed by atoms with E-state index in [2.05, 4.69) is 45.4 Å². The van der Waals surface area contributed by atoms with Gasteiger partial charge in [-0.25, -0.2) is 19.6 Å². The van der Waals surface area contributed by atoms with E-state index in [-0.39, 0.29) is 0 Å². The Balaban J connectivity index is 1.19. The monoisotopic (exact) mass is 440 g/mol. The molecule has 0 aliphatic carbocycles. The summed E-state index contributed by atoms with van der Waals surface area (Å²) < 4.78 is 7.16. The number of ether oxygens (including phenoxy) is 1. The van der Waals surface area contributed by atoms with Gasteiger partial charge in [0.15, 0.2) is 5.82 Å². The zero-order chi connectivity index (χ0) is 22.0. The van der Waals surface area contributed by atoms with Gasteiger partial charge in [0.25, 0.3) is 0 Å². The largest absolute Gasteiger partial charge is 0.378 e. The fraction of sp³-hybridized carbons (Fsp3) is 0.182. The van der Waals surface area contributed by atoms with E-state index in [0.29, 0.717) is 25.0 Å². The first-order chi connectivity index (χ1) is 16.3. The number of H-pyrrole nitrogens is 1. The molecular formula is C22H20N10O. The number of benzene rings is 2. The molecule has 0 radical (unpaired) electrons. The van der Waals surface area contributed by atoms with Crippen LogP contribution in [-0.4, -0.2) is 66.2 Å². The maximum Gasteiger partial charge on any atom is 0.245 e. The van der Waals surface area contributed by atoms with Crippen molar-refractivity contribution in [2.24, 2.45) is 0 Å². The third-order valence-electron chi connectivity index (χ3n) is 5.43. The Morgan fingerprint density at radius 1 is 0.970 bits per heavy atom. The first-order valence-electron chi connectivity index (χ1n) is 10.6. The molecular weight excluding hydrogens is 420 g/mol. The minimum Gasteiger partial charge on any atom is -0.378 e. The summed E-state index contributed by atoms with van der Waals surface area (Å²) in [7, 11) is 0. The summed E-state index contributed by atoms with van der Waals surface area (Å²) in [4.78, 5) is 19.8. The molecule has 1 fully saturated rings. The molecule has 1 aliphatic rings. The summed E-state index contributed by atoms with van der Waals surface area (Å²) in [6.45, 7) is 3.01. The van der Waals surface area contributed by atoms with Crippen molar-refractivity contribution in [3.8, 4) is 17.1 Å². The topological polar surface area (TPSA) is 123 Å². The molecule has 33 heavy (non-hydrogen) atoms. The van der Waals surface area contributed by atoms with E-state index in [9.17, 15) is 0 Å². The van der Waals surface area contributed by atoms with Crippen LogP contribution >= 0.6 is 0 Å². The van der Waals surface area contributed by atoms with Gasteiger partial charge in [-0.2, -0.15) is 10.1 Å². The molecule has 11 nitrogen and oxygen atoms in total. The number of fused-ring (bicyclic) bond motifs is 1. The molecule has 0 spiro atoms. The summed E-state index contributed by atoms with van der Waals surface area (Å²) in [5, 5.41) is 15.6. The standard InChI is InChI=1S/C22H20N10O/c1-2-16-12-23-21(28-19(16)11-15(1)20-24-13-26-29-20)27-17-3-5-18(6-4-17)32-14-25-22(30-32)31-7-9-33-10-8-31/h1-6,11-14H,7-10H2,(H,23,27,28)(H,24,26,29). The average molecular weight is 440 g/mol. The van der Waals surface area contributed by atoms with Crippen LogP contribution in [0.25, 0.3) is 28.0 Å². The lowest BCUT2D eigenvalue weighted by Crippen LogP contribution is -2.37. The number of nitrogens with one attached hydrogen (secondary N) is 2. The van der Waals surface area contributed by atoms with E-state index >= 15 is 0 Å². The van der Waals surface area contributed by atoms with Gasteiger partial charge in [-0.1, -0.05) is 12.1 Å². The minimum absolute atomic E-state index is 0.514. The van der Waals surface area contributed by atoms with Crippen LogP contribution in [0.1, 0.15) is 0 Å². The molecule has 0 amide bonds. The number of nitrogens with zero attached hydrogens (tertiary/aromatic N) is 8. The van der Waals surface area contributed by atoms with Gasteiger partial charge in [0.1, 0.15) is 12.7 Å². The molecule has 0 atom stereocenters. The van der Waals surface area contributed by atoms with Crippen LogP contribution in [0.5, 0.6) is 0 Å². The van der Waals surface area contributed by atoms with E-state index in [1.54, 1.807) is 17.2 Å². The molecule has 5 aromatic rings. The fourth-order valence-corrected chi connectivity index (χ4v) is 3.69. The van der Waals surface area contributed by atoms with Gasteiger partial charge in [0.05, 0.1) is 24.4 Å². The lowest BCUT2D eigenvalue weighted by Gasteiger charge is -2.25. The van der Waals surface area contributed by atoms with Crippen molar-refractivity contribution in [2.45, 2.75) is 0 Å². The number of aromatic amines is 1. The van der Waals surface area contributed by atoms with Gasteiger partial charge in [-0.3, -0.25) is 5.10 Å². The van der Waals surface area contributed by atoms with Crippen molar-refractivity contribution in [1.82, 2.24) is 39.9 Å². The van der Waals surface area contributed by atoms with Crippen LogP contribution in [0.3, 0.4) is 0 Å². The van der Waals surface area contributed by atoms with Crippen molar-refractivity contribution in [2.75, 3.05) is 36.5 Å². The molecule has 2 aromatic carbocycles. The Bertz CT molecular complexity index is 1370. The Labute approximate surface area is 188 Å². The summed E-state index contributed by atoms with van der Waals surface area (Å²) in [5.74, 6) is 1.93. The highest BCUT2D eigenvalue weighted by Gasteiger charge is 2.15. The van der Waals surface area contributed by atoms with Crippen LogP contribution < -0.4 is 10.2 Å². The number of aromatic nitrogens is 8. The van der Waals surface area contributed by atoms with E-state index in [4.69, 9.17) is 4.74 Å². The van der Waals surface area contributed by atoms with Crippen LogP contribution in [0.4, 0.5) is 17.6 Å². The van der Waals surface area contributed by atoms with Gasteiger partial charge in [0, 0.05) is 35.9 Å². The van der Waals surface area contributed by atoms with Gasteiger partial charge in [-0.05, 0) is 30.3 Å². The summed E-state index contributed by atoms with van der Waals surface area (Å²) in [6.07, 6.45) is 5.01. The first kappa shape index (κ1) is 19.3. The molecule has 0 unspecified atom stereocenters. The zero-order valence-corrected chi connectivity index (χ0v) is 17.6. The second-order valence-electron chi connectivity index (χ2n) is 7.56. The smallest absolute Gasteiger partial charge is 0.245 e. The zero-order valence-electron chi connectivity index (χ0n) is 17.6. The highest BCUT2D eigenvalue weighted by Crippen LogP contribution is 2.22. The minimum atomic E-state index is 0.514. The Kier molecular flexibility index (Phi) is 4.85. The predicted molar refractivity (Wildman–Crippen MR) is 123 cm³/mol. The second-order valence-corrected chi connectivity index (χ2v) is 7.56. The van der Waals surface area contributed by atoms with Crippen molar-refractivity contribution in [3.63, 3.8) is 0 Å². The van der Waals surface area contributed by atoms with Crippen LogP contribution in [0.2, 0.25) is 0 Å². The van der Waals surface area contributed by atoms with Crippen LogP contribution in [0.15, 0.2) is 61.3 Å². The van der Waals surface area contributed by atoms with Crippen LogP contribution in [0, 0.1) is 0 Å².